The molecular weight excluding hydrogens is 248 g/mol. The van der Waals surface area contributed by atoms with Crippen LogP contribution in [0.1, 0.15) is 38.2 Å². The van der Waals surface area contributed by atoms with Crippen molar-refractivity contribution in [2.24, 2.45) is 11.8 Å². The monoisotopic (exact) mass is 268 g/mol. The second-order valence-corrected chi connectivity index (χ2v) is 6.09. The second kappa shape index (κ2) is 6.29. The summed E-state index contributed by atoms with van der Waals surface area (Å²) in [5.74, 6) is 1.58. The first-order valence-electron chi connectivity index (χ1n) is 6.59. The minimum absolute atomic E-state index is 0.234. The van der Waals surface area contributed by atoms with E-state index in [1.807, 2.05) is 5.38 Å². The lowest BCUT2D eigenvalue weighted by Gasteiger charge is -2.28. The van der Waals surface area contributed by atoms with Crippen molar-refractivity contribution in [3.05, 3.63) is 27.1 Å². The smallest absolute Gasteiger partial charge is 0.312 e. The second-order valence-electron chi connectivity index (χ2n) is 5.20. The van der Waals surface area contributed by atoms with Gasteiger partial charge in [0.05, 0.1) is 4.92 Å². The van der Waals surface area contributed by atoms with E-state index in [9.17, 15) is 10.1 Å². The van der Waals surface area contributed by atoms with Gasteiger partial charge < -0.3 is 5.32 Å². The molecule has 1 aromatic rings. The molecule has 1 fully saturated rings. The van der Waals surface area contributed by atoms with Crippen molar-refractivity contribution in [3.8, 4) is 0 Å². The molecule has 1 aromatic heterocycles. The highest BCUT2D eigenvalue weighted by atomic mass is 32.1. The number of rotatable bonds is 5. The number of hydrogen-bond donors (Lipinski definition) is 1. The van der Waals surface area contributed by atoms with Crippen LogP contribution in [0.3, 0.4) is 0 Å². The third-order valence-electron chi connectivity index (χ3n) is 3.84. The van der Waals surface area contributed by atoms with E-state index in [-0.39, 0.29) is 9.92 Å². The van der Waals surface area contributed by atoms with Gasteiger partial charge in [0.2, 0.25) is 0 Å². The van der Waals surface area contributed by atoms with Gasteiger partial charge in [-0.3, -0.25) is 10.1 Å². The lowest BCUT2D eigenvalue weighted by atomic mass is 9.80. The molecule has 0 radical (unpaired) electrons. The Morgan fingerprint density at radius 3 is 2.94 bits per heavy atom. The third kappa shape index (κ3) is 3.53. The Balaban J connectivity index is 1.75. The van der Waals surface area contributed by atoms with Gasteiger partial charge in [-0.25, -0.2) is 0 Å². The lowest BCUT2D eigenvalue weighted by molar-refractivity contribution is -0.380. The predicted octanol–water partition coefficient (Wildman–Crippen LogP) is 3.57. The summed E-state index contributed by atoms with van der Waals surface area (Å²) in [5.41, 5.74) is 1.02. The van der Waals surface area contributed by atoms with E-state index in [1.54, 1.807) is 6.07 Å². The highest BCUT2D eigenvalue weighted by Gasteiger charge is 2.20. The molecule has 0 aromatic carbocycles. The molecule has 5 heteroatoms. The Hall–Kier alpha value is -0.940. The molecule has 0 saturated heterocycles. The zero-order valence-electron chi connectivity index (χ0n) is 10.7. The maximum absolute atomic E-state index is 10.6. The van der Waals surface area contributed by atoms with Gasteiger partial charge in [0.15, 0.2) is 0 Å². The summed E-state index contributed by atoms with van der Waals surface area (Å²) in [6.07, 6.45) is 5.38. The Morgan fingerprint density at radius 1 is 1.50 bits per heavy atom. The molecule has 100 valence electrons. The van der Waals surface area contributed by atoms with Gasteiger partial charge in [0.1, 0.15) is 0 Å². The molecule has 2 rings (SSSR count). The van der Waals surface area contributed by atoms with Gasteiger partial charge in [-0.2, -0.15) is 0 Å². The summed E-state index contributed by atoms with van der Waals surface area (Å²) in [5, 5.41) is 16.1. The van der Waals surface area contributed by atoms with E-state index in [2.05, 4.69) is 12.2 Å². The van der Waals surface area contributed by atoms with Crippen molar-refractivity contribution in [2.45, 2.75) is 39.2 Å². The number of nitro groups is 1. The Labute approximate surface area is 112 Å². The zero-order valence-corrected chi connectivity index (χ0v) is 11.5. The molecule has 0 aliphatic heterocycles. The predicted molar refractivity (Wildman–Crippen MR) is 73.8 cm³/mol. The van der Waals surface area contributed by atoms with Gasteiger partial charge >= 0.3 is 5.00 Å². The molecule has 4 nitrogen and oxygen atoms in total. The highest BCUT2D eigenvalue weighted by molar-refractivity contribution is 7.13. The zero-order chi connectivity index (χ0) is 13.0. The third-order valence-corrected chi connectivity index (χ3v) is 4.77. The standard InChI is InChI=1S/C13H20N2O2S/c1-10-4-2-3-5-12(10)8-14-7-11-6-13(15(16)17)18-9-11/h6,9-10,12,14H,2-5,7-8H2,1H3. The summed E-state index contributed by atoms with van der Waals surface area (Å²) < 4.78 is 0. The first-order chi connectivity index (χ1) is 8.66. The van der Waals surface area contributed by atoms with E-state index in [1.165, 1.54) is 37.0 Å². The van der Waals surface area contributed by atoms with Crippen molar-refractivity contribution in [1.29, 1.82) is 0 Å². The SMILES string of the molecule is CC1CCCCC1CNCc1csc([N+](=O)[O-])c1. The minimum Gasteiger partial charge on any atom is -0.312 e. The largest absolute Gasteiger partial charge is 0.324 e. The fourth-order valence-electron chi connectivity index (χ4n) is 2.65. The van der Waals surface area contributed by atoms with Gasteiger partial charge in [0.25, 0.3) is 0 Å². The van der Waals surface area contributed by atoms with Crippen LogP contribution in [-0.4, -0.2) is 11.5 Å². The summed E-state index contributed by atoms with van der Waals surface area (Å²) in [4.78, 5) is 10.3. The Bertz CT molecular complexity index is 405. The maximum atomic E-state index is 10.6. The Morgan fingerprint density at radius 2 is 2.28 bits per heavy atom. The van der Waals surface area contributed by atoms with Crippen LogP contribution in [0.25, 0.3) is 0 Å². The van der Waals surface area contributed by atoms with Crippen molar-refractivity contribution in [3.63, 3.8) is 0 Å². The summed E-state index contributed by atoms with van der Waals surface area (Å²) in [6.45, 7) is 4.11. The van der Waals surface area contributed by atoms with Crippen LogP contribution in [0.15, 0.2) is 11.4 Å². The molecule has 2 unspecified atom stereocenters. The molecule has 18 heavy (non-hydrogen) atoms. The first-order valence-corrected chi connectivity index (χ1v) is 7.47. The molecule has 1 N–H and O–H groups in total. The van der Waals surface area contributed by atoms with Crippen LogP contribution >= 0.6 is 11.3 Å². The van der Waals surface area contributed by atoms with Crippen LogP contribution in [0, 0.1) is 22.0 Å². The van der Waals surface area contributed by atoms with Crippen molar-refractivity contribution < 1.29 is 4.92 Å². The van der Waals surface area contributed by atoms with Crippen LogP contribution in [0.4, 0.5) is 5.00 Å². The van der Waals surface area contributed by atoms with Crippen molar-refractivity contribution in [2.75, 3.05) is 6.54 Å². The topological polar surface area (TPSA) is 55.2 Å². The molecule has 1 aliphatic carbocycles. The molecule has 1 heterocycles. The molecule has 0 amide bonds. The molecule has 0 bridgehead atoms. The molecule has 0 spiro atoms. The van der Waals surface area contributed by atoms with Gasteiger partial charge in [0, 0.05) is 18.0 Å². The number of hydrogen-bond acceptors (Lipinski definition) is 4. The molecule has 2 atom stereocenters. The Kier molecular flexibility index (Phi) is 4.72. The van der Waals surface area contributed by atoms with E-state index >= 15 is 0 Å². The van der Waals surface area contributed by atoms with Gasteiger partial charge in [-0.05, 0) is 30.4 Å². The molecule has 1 saturated carbocycles. The maximum Gasteiger partial charge on any atom is 0.324 e. The quantitative estimate of drug-likeness (QED) is 0.656. The van der Waals surface area contributed by atoms with Gasteiger partial charge in [-0.15, -0.1) is 0 Å². The minimum atomic E-state index is -0.322. The summed E-state index contributed by atoms with van der Waals surface area (Å²) in [7, 11) is 0. The highest BCUT2D eigenvalue weighted by Crippen LogP contribution is 2.29. The molecular formula is C13H20N2O2S. The summed E-state index contributed by atoms with van der Waals surface area (Å²) >= 11 is 1.21. The van der Waals surface area contributed by atoms with E-state index in [4.69, 9.17) is 0 Å². The van der Waals surface area contributed by atoms with Crippen LogP contribution in [0.2, 0.25) is 0 Å². The number of nitrogens with zero attached hydrogens (tertiary/aromatic N) is 1. The average molecular weight is 268 g/mol. The van der Waals surface area contributed by atoms with Gasteiger partial charge in [-0.1, -0.05) is 37.5 Å². The fourth-order valence-corrected chi connectivity index (χ4v) is 3.38. The van der Waals surface area contributed by atoms with Crippen molar-refractivity contribution in [1.82, 2.24) is 5.32 Å². The van der Waals surface area contributed by atoms with Crippen LogP contribution in [-0.2, 0) is 6.54 Å². The van der Waals surface area contributed by atoms with Crippen LogP contribution in [0.5, 0.6) is 0 Å². The van der Waals surface area contributed by atoms with Crippen LogP contribution < -0.4 is 5.32 Å². The normalized spacial score (nSPS) is 24.1. The fraction of sp³-hybridized carbons (Fsp3) is 0.692. The summed E-state index contributed by atoms with van der Waals surface area (Å²) in [6, 6.07) is 1.67. The number of nitrogens with one attached hydrogen (secondary N) is 1. The number of thiophene rings is 1. The lowest BCUT2D eigenvalue weighted by Crippen LogP contribution is -2.28. The van der Waals surface area contributed by atoms with E-state index in [0.29, 0.717) is 0 Å². The molecule has 1 aliphatic rings. The first kappa shape index (κ1) is 13.5. The van der Waals surface area contributed by atoms with Crippen molar-refractivity contribution >= 4 is 16.3 Å². The van der Waals surface area contributed by atoms with E-state index in [0.717, 1.165) is 30.5 Å². The van der Waals surface area contributed by atoms with E-state index < -0.39 is 0 Å². The average Bonchev–Trinajstić information content (AvgIpc) is 2.80.